The van der Waals surface area contributed by atoms with E-state index in [0.29, 0.717) is 0 Å². The van der Waals surface area contributed by atoms with Crippen molar-refractivity contribution in [3.8, 4) is 0 Å². The van der Waals surface area contributed by atoms with Gasteiger partial charge in [0.1, 0.15) is 35.1 Å². The number of carbonyl (C=O) groups excluding carboxylic acids is 1. The number of benzene rings is 2. The Morgan fingerprint density at radius 2 is 1.70 bits per heavy atom. The van der Waals surface area contributed by atoms with Crippen molar-refractivity contribution in [2.75, 3.05) is 6.73 Å². The van der Waals surface area contributed by atoms with Crippen molar-refractivity contribution in [2.24, 2.45) is 0 Å². The minimum absolute atomic E-state index is 0.0156. The van der Waals surface area contributed by atoms with Crippen LogP contribution < -0.4 is 5.32 Å². The van der Waals surface area contributed by atoms with Gasteiger partial charge in [0, 0.05) is 24.2 Å². The Kier molecular flexibility index (Phi) is 7.95. The zero-order valence-corrected chi connectivity index (χ0v) is 20.0. The Hall–Kier alpha value is -4.09. The molecule has 7 nitrogen and oxygen atoms in total. The van der Waals surface area contributed by atoms with Crippen LogP contribution in [0.2, 0.25) is 0 Å². The molecule has 190 valence electrons. The van der Waals surface area contributed by atoms with E-state index in [1.165, 1.54) is 12.1 Å². The summed E-state index contributed by atoms with van der Waals surface area (Å²) in [5, 5.41) is 0.813. The highest BCUT2D eigenvalue weighted by Gasteiger charge is 2.34. The predicted molar refractivity (Wildman–Crippen MR) is 127 cm³/mol. The molecule has 11 heteroatoms. The molecule has 0 aliphatic rings. The first kappa shape index (κ1) is 26.0. The topological polar surface area (TPSA) is 98.2 Å². The number of hydrogen-bond donors (Lipinski definition) is 1. The lowest BCUT2D eigenvalue weighted by Crippen LogP contribution is -2.27. The standard InChI is InChI=1S/C26H20F3N3O4S/c27-19-4-7-21(8-5-19)37(34,35)25(22-12-20(28)6-9-23(22)29)18-3-10-24(31-14-18)26(33)32-16-36-15-17-2-1-11-30-13-17/h1-14,25H,15-16H2,(H,32,33). The van der Waals surface area contributed by atoms with Gasteiger partial charge in [-0.1, -0.05) is 12.1 Å². The number of halogens is 3. The third-order valence-corrected chi connectivity index (χ3v) is 7.42. The first-order valence-electron chi connectivity index (χ1n) is 10.9. The number of nitrogens with zero attached hydrogens (tertiary/aromatic N) is 2. The molecule has 2 aromatic heterocycles. The molecule has 4 aromatic rings. The van der Waals surface area contributed by atoms with Crippen LogP contribution >= 0.6 is 0 Å². The van der Waals surface area contributed by atoms with E-state index in [-0.39, 0.29) is 29.5 Å². The van der Waals surface area contributed by atoms with Crippen LogP contribution in [-0.4, -0.2) is 31.0 Å². The lowest BCUT2D eigenvalue weighted by molar-refractivity contribution is 0.0746. The van der Waals surface area contributed by atoms with Gasteiger partial charge < -0.3 is 10.1 Å². The Balaban J connectivity index is 1.57. The van der Waals surface area contributed by atoms with Crippen LogP contribution in [0.25, 0.3) is 0 Å². The quantitative estimate of drug-likeness (QED) is 0.197. The summed E-state index contributed by atoms with van der Waals surface area (Å²) in [7, 11) is -4.38. The second-order valence-corrected chi connectivity index (χ2v) is 9.91. The summed E-state index contributed by atoms with van der Waals surface area (Å²) >= 11 is 0. The van der Waals surface area contributed by atoms with Gasteiger partial charge in [0.15, 0.2) is 9.84 Å². The lowest BCUT2D eigenvalue weighted by atomic mass is 10.0. The fourth-order valence-electron chi connectivity index (χ4n) is 3.56. The molecule has 4 rings (SSSR count). The Morgan fingerprint density at radius 3 is 2.38 bits per heavy atom. The number of aromatic nitrogens is 2. The Bertz CT molecular complexity index is 1480. The number of nitrogens with one attached hydrogen (secondary N) is 1. The normalized spacial score (nSPS) is 12.2. The SMILES string of the molecule is O=C(NCOCc1cccnc1)c1ccc(C(c2cc(F)ccc2F)S(=O)(=O)c2ccc(F)cc2)cn1. The molecule has 0 aliphatic heterocycles. The third-order valence-electron chi connectivity index (χ3n) is 5.34. The van der Waals surface area contributed by atoms with Crippen LogP contribution in [0.5, 0.6) is 0 Å². The minimum Gasteiger partial charge on any atom is -0.357 e. The van der Waals surface area contributed by atoms with Gasteiger partial charge in [0.2, 0.25) is 0 Å². The van der Waals surface area contributed by atoms with Gasteiger partial charge in [0.05, 0.1) is 11.5 Å². The molecule has 0 fully saturated rings. The first-order chi connectivity index (χ1) is 17.8. The summed E-state index contributed by atoms with van der Waals surface area (Å²) in [5.74, 6) is -3.04. The highest BCUT2D eigenvalue weighted by atomic mass is 32.2. The molecule has 2 heterocycles. The van der Waals surface area contributed by atoms with E-state index in [1.54, 1.807) is 18.5 Å². The molecule has 0 aliphatic carbocycles. The fraction of sp³-hybridized carbons (Fsp3) is 0.115. The second-order valence-electron chi connectivity index (χ2n) is 7.88. The highest BCUT2D eigenvalue weighted by molar-refractivity contribution is 7.91. The van der Waals surface area contributed by atoms with E-state index in [2.05, 4.69) is 15.3 Å². The van der Waals surface area contributed by atoms with Gasteiger partial charge in [-0.2, -0.15) is 0 Å². The van der Waals surface area contributed by atoms with Gasteiger partial charge >= 0.3 is 0 Å². The second kappa shape index (κ2) is 11.3. The van der Waals surface area contributed by atoms with E-state index < -0.39 is 44.0 Å². The van der Waals surface area contributed by atoms with Crippen molar-refractivity contribution in [3.63, 3.8) is 0 Å². The van der Waals surface area contributed by atoms with Crippen LogP contribution in [0, 0.1) is 17.5 Å². The van der Waals surface area contributed by atoms with Crippen LogP contribution in [-0.2, 0) is 21.2 Å². The third kappa shape index (κ3) is 6.19. The van der Waals surface area contributed by atoms with Crippen LogP contribution in [0.4, 0.5) is 13.2 Å². The summed E-state index contributed by atoms with van der Waals surface area (Å²) in [5.41, 5.74) is 0.300. The molecule has 1 N–H and O–H groups in total. The lowest BCUT2D eigenvalue weighted by Gasteiger charge is -2.19. The van der Waals surface area contributed by atoms with Crippen LogP contribution in [0.3, 0.4) is 0 Å². The molecule has 1 atom stereocenters. The smallest absolute Gasteiger partial charge is 0.271 e. The van der Waals surface area contributed by atoms with E-state index in [4.69, 9.17) is 4.74 Å². The molecule has 1 unspecified atom stereocenters. The average Bonchev–Trinajstić information content (AvgIpc) is 2.90. The van der Waals surface area contributed by atoms with Crippen molar-refractivity contribution < 1.29 is 31.1 Å². The molecule has 0 saturated heterocycles. The van der Waals surface area contributed by atoms with Crippen molar-refractivity contribution in [2.45, 2.75) is 16.8 Å². The summed E-state index contributed by atoms with van der Waals surface area (Å²) in [6.07, 6.45) is 4.35. The summed E-state index contributed by atoms with van der Waals surface area (Å²) in [4.78, 5) is 20.1. The number of pyridine rings is 2. The van der Waals surface area contributed by atoms with Gasteiger partial charge in [-0.3, -0.25) is 14.8 Å². The Morgan fingerprint density at radius 1 is 0.946 bits per heavy atom. The van der Waals surface area contributed by atoms with Crippen molar-refractivity contribution in [3.05, 3.63) is 125 Å². The largest absolute Gasteiger partial charge is 0.357 e. The fourth-order valence-corrected chi connectivity index (χ4v) is 5.36. The molecule has 37 heavy (non-hydrogen) atoms. The van der Waals surface area contributed by atoms with E-state index in [9.17, 15) is 26.4 Å². The summed E-state index contributed by atoms with van der Waals surface area (Å²) < 4.78 is 74.4. The van der Waals surface area contributed by atoms with Gasteiger partial charge in [0.25, 0.3) is 5.91 Å². The number of amides is 1. The van der Waals surface area contributed by atoms with Crippen LogP contribution in [0.1, 0.15) is 32.4 Å². The molecule has 0 bridgehead atoms. The Labute approximate surface area is 210 Å². The first-order valence-corrected chi connectivity index (χ1v) is 12.5. The van der Waals surface area contributed by atoms with Gasteiger partial charge in [-0.05, 0) is 65.7 Å². The van der Waals surface area contributed by atoms with E-state index in [0.717, 1.165) is 54.2 Å². The number of sulfone groups is 1. The zero-order valence-electron chi connectivity index (χ0n) is 19.1. The molecule has 2 aromatic carbocycles. The number of carbonyl (C=O) groups is 1. The molecule has 0 saturated carbocycles. The molecular weight excluding hydrogens is 507 g/mol. The maximum Gasteiger partial charge on any atom is 0.271 e. The van der Waals surface area contributed by atoms with E-state index >= 15 is 0 Å². The number of hydrogen-bond acceptors (Lipinski definition) is 6. The van der Waals surface area contributed by atoms with Crippen molar-refractivity contribution >= 4 is 15.7 Å². The zero-order chi connectivity index (χ0) is 26.4. The van der Waals surface area contributed by atoms with Crippen LogP contribution in [0.15, 0.2) is 90.2 Å². The van der Waals surface area contributed by atoms with Gasteiger partial charge in [-0.25, -0.2) is 21.6 Å². The van der Waals surface area contributed by atoms with Crippen molar-refractivity contribution in [1.82, 2.24) is 15.3 Å². The summed E-state index contributed by atoms with van der Waals surface area (Å²) in [6, 6.07) is 12.6. The monoisotopic (exact) mass is 527 g/mol. The maximum absolute atomic E-state index is 14.7. The number of ether oxygens (including phenoxy) is 1. The van der Waals surface area contributed by atoms with Crippen molar-refractivity contribution in [1.29, 1.82) is 0 Å². The summed E-state index contributed by atoms with van der Waals surface area (Å²) in [6.45, 7) is 0.107. The molecule has 0 radical (unpaired) electrons. The molecular formula is C26H20F3N3O4S. The highest BCUT2D eigenvalue weighted by Crippen LogP contribution is 2.36. The van der Waals surface area contributed by atoms with Gasteiger partial charge in [-0.15, -0.1) is 0 Å². The number of rotatable bonds is 9. The average molecular weight is 528 g/mol. The maximum atomic E-state index is 14.7. The molecule has 0 spiro atoms. The minimum atomic E-state index is -4.38. The molecule has 1 amide bonds. The predicted octanol–water partition coefficient (Wildman–Crippen LogP) is 4.36. The van der Waals surface area contributed by atoms with E-state index in [1.807, 2.05) is 6.07 Å².